The summed E-state index contributed by atoms with van der Waals surface area (Å²) in [7, 11) is 0. The van der Waals surface area contributed by atoms with Gasteiger partial charge in [0, 0.05) is 43.3 Å². The lowest BCUT2D eigenvalue weighted by Crippen LogP contribution is -2.32. The van der Waals surface area contributed by atoms with Crippen molar-refractivity contribution in [2.75, 3.05) is 18.0 Å². The number of hydrogen-bond donors (Lipinski definition) is 1. The summed E-state index contributed by atoms with van der Waals surface area (Å²) in [6.07, 6.45) is 6.29. The zero-order chi connectivity index (χ0) is 21.8. The predicted molar refractivity (Wildman–Crippen MR) is 125 cm³/mol. The Morgan fingerprint density at radius 2 is 1.77 bits per heavy atom. The first-order valence-corrected chi connectivity index (χ1v) is 11.2. The lowest BCUT2D eigenvalue weighted by atomic mass is 9.98. The van der Waals surface area contributed by atoms with Crippen LogP contribution in [0, 0.1) is 12.8 Å². The molecule has 1 aliphatic heterocycles. The molecule has 0 aliphatic carbocycles. The van der Waals surface area contributed by atoms with Crippen molar-refractivity contribution in [2.45, 2.75) is 46.2 Å². The molecule has 0 saturated carbocycles. The Hall–Kier alpha value is -3.08. The van der Waals surface area contributed by atoms with Gasteiger partial charge in [0.1, 0.15) is 5.82 Å². The second-order valence-electron chi connectivity index (χ2n) is 8.76. The standard InChI is InChI=1S/C26H32N4O/c1-19-12-15-29(16-13-19)25-10-8-23(9-11-25)20(2)28-26(31)24-6-4-22(5-7-24)18-30-17-14-27-21(30)3/h4-11,14,17,19-20H,12-13,15-16,18H2,1-3H3,(H,28,31). The second kappa shape index (κ2) is 9.38. The molecule has 0 radical (unpaired) electrons. The van der Waals surface area contributed by atoms with Gasteiger partial charge in [-0.1, -0.05) is 31.2 Å². The Bertz CT molecular complexity index is 999. The molecule has 0 bridgehead atoms. The quantitative estimate of drug-likeness (QED) is 0.617. The van der Waals surface area contributed by atoms with E-state index < -0.39 is 0 Å². The third-order valence-corrected chi connectivity index (χ3v) is 6.38. The second-order valence-corrected chi connectivity index (χ2v) is 8.76. The number of aryl methyl sites for hydroxylation is 1. The van der Waals surface area contributed by atoms with E-state index in [2.05, 4.69) is 51.0 Å². The van der Waals surface area contributed by atoms with Crippen LogP contribution in [-0.2, 0) is 6.54 Å². The fourth-order valence-electron chi connectivity index (χ4n) is 4.13. The average molecular weight is 417 g/mol. The van der Waals surface area contributed by atoms with Crippen molar-refractivity contribution in [2.24, 2.45) is 5.92 Å². The summed E-state index contributed by atoms with van der Waals surface area (Å²) in [5, 5.41) is 3.12. The minimum atomic E-state index is -0.0491. The topological polar surface area (TPSA) is 50.2 Å². The fourth-order valence-corrected chi connectivity index (χ4v) is 4.13. The molecule has 1 atom stereocenters. The Morgan fingerprint density at radius 1 is 1.10 bits per heavy atom. The van der Waals surface area contributed by atoms with Gasteiger partial charge < -0.3 is 14.8 Å². The number of carbonyl (C=O) groups is 1. The van der Waals surface area contributed by atoms with E-state index in [0.717, 1.165) is 42.5 Å². The van der Waals surface area contributed by atoms with Gasteiger partial charge in [-0.3, -0.25) is 4.79 Å². The van der Waals surface area contributed by atoms with Gasteiger partial charge in [0.2, 0.25) is 0 Å². The number of benzene rings is 2. The Morgan fingerprint density at radius 3 is 2.39 bits per heavy atom. The third-order valence-electron chi connectivity index (χ3n) is 6.38. The van der Waals surface area contributed by atoms with E-state index in [4.69, 9.17) is 0 Å². The van der Waals surface area contributed by atoms with Gasteiger partial charge in [-0.25, -0.2) is 4.98 Å². The monoisotopic (exact) mass is 416 g/mol. The van der Waals surface area contributed by atoms with E-state index in [9.17, 15) is 4.79 Å². The highest BCUT2D eigenvalue weighted by Gasteiger charge is 2.17. The molecule has 2 aromatic carbocycles. The van der Waals surface area contributed by atoms with Gasteiger partial charge in [-0.05, 0) is 68.0 Å². The van der Waals surface area contributed by atoms with Crippen molar-refractivity contribution in [3.8, 4) is 0 Å². The Balaban J connectivity index is 1.34. The van der Waals surface area contributed by atoms with Crippen LogP contribution in [0.3, 0.4) is 0 Å². The Kier molecular flexibility index (Phi) is 6.40. The van der Waals surface area contributed by atoms with Gasteiger partial charge in [0.15, 0.2) is 0 Å². The van der Waals surface area contributed by atoms with E-state index in [0.29, 0.717) is 5.56 Å². The van der Waals surface area contributed by atoms with E-state index in [1.807, 2.05) is 44.3 Å². The van der Waals surface area contributed by atoms with Gasteiger partial charge >= 0.3 is 0 Å². The maximum Gasteiger partial charge on any atom is 0.251 e. The lowest BCUT2D eigenvalue weighted by Gasteiger charge is -2.32. The van der Waals surface area contributed by atoms with Crippen molar-refractivity contribution in [1.29, 1.82) is 0 Å². The molecule has 3 aromatic rings. The summed E-state index contributed by atoms with van der Waals surface area (Å²) < 4.78 is 2.09. The largest absolute Gasteiger partial charge is 0.372 e. The van der Waals surface area contributed by atoms with Crippen LogP contribution in [0.5, 0.6) is 0 Å². The molecule has 1 amide bonds. The molecule has 1 unspecified atom stereocenters. The molecule has 1 aliphatic rings. The molecule has 5 heteroatoms. The number of piperidine rings is 1. The molecule has 2 heterocycles. The van der Waals surface area contributed by atoms with Crippen molar-refractivity contribution in [3.05, 3.63) is 83.4 Å². The summed E-state index contributed by atoms with van der Waals surface area (Å²) in [5.41, 5.74) is 4.22. The summed E-state index contributed by atoms with van der Waals surface area (Å²) in [5.74, 6) is 1.76. The normalized spacial score (nSPS) is 15.6. The van der Waals surface area contributed by atoms with E-state index in [1.54, 1.807) is 6.20 Å². The zero-order valence-electron chi connectivity index (χ0n) is 18.7. The van der Waals surface area contributed by atoms with Crippen molar-refractivity contribution >= 4 is 11.6 Å². The van der Waals surface area contributed by atoms with Crippen LogP contribution in [0.4, 0.5) is 5.69 Å². The minimum absolute atomic E-state index is 0.0452. The first kappa shape index (κ1) is 21.2. The summed E-state index contributed by atoms with van der Waals surface area (Å²) in [4.78, 5) is 19.4. The molecule has 4 rings (SSSR count). The number of hydrogen-bond acceptors (Lipinski definition) is 3. The van der Waals surface area contributed by atoms with Crippen LogP contribution in [0.1, 0.15) is 60.0 Å². The van der Waals surface area contributed by atoms with Crippen LogP contribution in [0.15, 0.2) is 60.9 Å². The van der Waals surface area contributed by atoms with Gasteiger partial charge in [0.25, 0.3) is 5.91 Å². The number of imidazole rings is 1. The SMILES string of the molecule is Cc1nccn1Cc1ccc(C(=O)NC(C)c2ccc(N3CCC(C)CC3)cc2)cc1. The van der Waals surface area contributed by atoms with E-state index in [-0.39, 0.29) is 11.9 Å². The maximum atomic E-state index is 12.7. The zero-order valence-corrected chi connectivity index (χ0v) is 18.7. The van der Waals surface area contributed by atoms with Crippen LogP contribution in [0.25, 0.3) is 0 Å². The molecule has 1 saturated heterocycles. The highest BCUT2D eigenvalue weighted by Crippen LogP contribution is 2.24. The molecule has 162 valence electrons. The number of nitrogens with one attached hydrogen (secondary N) is 1. The van der Waals surface area contributed by atoms with Crippen LogP contribution < -0.4 is 10.2 Å². The first-order chi connectivity index (χ1) is 15.0. The van der Waals surface area contributed by atoms with Gasteiger partial charge in [-0.2, -0.15) is 0 Å². The molecule has 0 spiro atoms. The first-order valence-electron chi connectivity index (χ1n) is 11.2. The number of nitrogens with zero attached hydrogens (tertiary/aromatic N) is 3. The third kappa shape index (κ3) is 5.16. The fraction of sp³-hybridized carbons (Fsp3) is 0.385. The molecular formula is C26H32N4O. The molecule has 1 aromatic heterocycles. The van der Waals surface area contributed by atoms with Crippen molar-refractivity contribution in [3.63, 3.8) is 0 Å². The minimum Gasteiger partial charge on any atom is -0.372 e. The van der Waals surface area contributed by atoms with E-state index in [1.165, 1.54) is 18.5 Å². The maximum absolute atomic E-state index is 12.7. The smallest absolute Gasteiger partial charge is 0.251 e. The van der Waals surface area contributed by atoms with Crippen LogP contribution in [-0.4, -0.2) is 28.5 Å². The highest BCUT2D eigenvalue weighted by atomic mass is 16.1. The Labute approximate surface area is 185 Å². The molecule has 5 nitrogen and oxygen atoms in total. The van der Waals surface area contributed by atoms with Gasteiger partial charge in [-0.15, -0.1) is 0 Å². The number of amides is 1. The predicted octanol–water partition coefficient (Wildman–Crippen LogP) is 4.97. The number of aromatic nitrogens is 2. The van der Waals surface area contributed by atoms with Gasteiger partial charge in [0.05, 0.1) is 6.04 Å². The highest BCUT2D eigenvalue weighted by molar-refractivity contribution is 5.94. The average Bonchev–Trinajstić information content (AvgIpc) is 3.19. The number of anilines is 1. The van der Waals surface area contributed by atoms with Crippen LogP contribution >= 0.6 is 0 Å². The summed E-state index contributed by atoms with van der Waals surface area (Å²) in [6, 6.07) is 16.4. The van der Waals surface area contributed by atoms with Crippen LogP contribution in [0.2, 0.25) is 0 Å². The summed E-state index contributed by atoms with van der Waals surface area (Å²) >= 11 is 0. The number of carbonyl (C=O) groups excluding carboxylic acids is 1. The lowest BCUT2D eigenvalue weighted by molar-refractivity contribution is 0.0940. The molecule has 1 N–H and O–H groups in total. The molecule has 31 heavy (non-hydrogen) atoms. The van der Waals surface area contributed by atoms with Crippen molar-refractivity contribution < 1.29 is 4.79 Å². The molecular weight excluding hydrogens is 384 g/mol. The summed E-state index contributed by atoms with van der Waals surface area (Å²) in [6.45, 7) is 9.37. The van der Waals surface area contributed by atoms with E-state index >= 15 is 0 Å². The molecule has 1 fully saturated rings. The number of rotatable bonds is 6. The van der Waals surface area contributed by atoms with Crippen molar-refractivity contribution in [1.82, 2.24) is 14.9 Å².